The Kier molecular flexibility index (Phi) is 6.26. The summed E-state index contributed by atoms with van der Waals surface area (Å²) in [7, 11) is -3.22. The molecule has 4 heterocycles. The van der Waals surface area contributed by atoms with Gasteiger partial charge in [0.2, 0.25) is 0 Å². The summed E-state index contributed by atoms with van der Waals surface area (Å²) >= 11 is 0. The molecule has 2 aliphatic heterocycles. The number of aryl methyl sites for hydroxylation is 1. The number of fused-ring (bicyclic) bond motifs is 1. The number of benzene rings is 2. The molecular formula is C29H32N4O3S. The lowest BCUT2D eigenvalue weighted by atomic mass is 10.1. The molecule has 8 heteroatoms. The predicted molar refractivity (Wildman–Crippen MR) is 148 cm³/mol. The Hall–Kier alpha value is -3.20. The van der Waals surface area contributed by atoms with E-state index in [2.05, 4.69) is 51.2 Å². The number of piperazine rings is 1. The maximum absolute atomic E-state index is 11.8. The average molecular weight is 517 g/mol. The number of nitrogens with zero attached hydrogens (tertiary/aromatic N) is 3. The van der Waals surface area contributed by atoms with Gasteiger partial charge in [-0.1, -0.05) is 24.3 Å². The Labute approximate surface area is 218 Å². The zero-order chi connectivity index (χ0) is 25.6. The molecule has 0 aliphatic carbocycles. The van der Waals surface area contributed by atoms with Crippen LogP contribution in [-0.2, 0) is 14.6 Å². The van der Waals surface area contributed by atoms with Gasteiger partial charge in [-0.3, -0.25) is 9.88 Å². The van der Waals surface area contributed by atoms with E-state index in [4.69, 9.17) is 9.72 Å². The van der Waals surface area contributed by atoms with Crippen LogP contribution in [0.3, 0.4) is 0 Å². The van der Waals surface area contributed by atoms with Crippen molar-refractivity contribution in [1.29, 1.82) is 0 Å². The van der Waals surface area contributed by atoms with Crippen LogP contribution in [-0.4, -0.2) is 75.0 Å². The van der Waals surface area contributed by atoms with Crippen molar-refractivity contribution >= 4 is 26.4 Å². The van der Waals surface area contributed by atoms with Crippen LogP contribution in [0, 0.1) is 6.92 Å². The SMILES string of the molecule is Cc1nc(-c2ccc(N3CCN(C4CCOC4)CC3)cc2)cc2[nH]c(-c3ccc(S(C)(=O)=O)cc3)cc12. The van der Waals surface area contributed by atoms with Gasteiger partial charge in [-0.2, -0.15) is 0 Å². The minimum atomic E-state index is -3.22. The lowest BCUT2D eigenvalue weighted by Crippen LogP contribution is -2.50. The van der Waals surface area contributed by atoms with E-state index < -0.39 is 9.84 Å². The van der Waals surface area contributed by atoms with E-state index in [1.807, 2.05) is 19.1 Å². The van der Waals surface area contributed by atoms with Gasteiger partial charge < -0.3 is 14.6 Å². The Morgan fingerprint density at radius 3 is 2.30 bits per heavy atom. The Bertz CT molecular complexity index is 1510. The van der Waals surface area contributed by atoms with E-state index in [0.29, 0.717) is 10.9 Å². The van der Waals surface area contributed by atoms with E-state index in [1.165, 1.54) is 11.9 Å². The topological polar surface area (TPSA) is 78.5 Å². The molecule has 1 unspecified atom stereocenters. The number of H-pyrrole nitrogens is 1. The molecule has 2 fully saturated rings. The van der Waals surface area contributed by atoms with Crippen LogP contribution in [0.15, 0.2) is 65.6 Å². The first kappa shape index (κ1) is 24.2. The number of sulfone groups is 1. The summed E-state index contributed by atoms with van der Waals surface area (Å²) in [5.41, 5.74) is 7.13. The van der Waals surface area contributed by atoms with Crippen molar-refractivity contribution in [3.8, 4) is 22.5 Å². The van der Waals surface area contributed by atoms with Crippen molar-refractivity contribution in [3.63, 3.8) is 0 Å². The molecule has 2 saturated heterocycles. The monoisotopic (exact) mass is 516 g/mol. The molecule has 2 aromatic carbocycles. The molecule has 192 valence electrons. The average Bonchev–Trinajstić information content (AvgIpc) is 3.60. The second-order valence-corrected chi connectivity index (χ2v) is 12.1. The van der Waals surface area contributed by atoms with Gasteiger partial charge in [0.1, 0.15) is 0 Å². The van der Waals surface area contributed by atoms with E-state index in [-0.39, 0.29) is 0 Å². The van der Waals surface area contributed by atoms with Crippen LogP contribution in [0.25, 0.3) is 33.4 Å². The molecule has 2 aromatic heterocycles. The van der Waals surface area contributed by atoms with Gasteiger partial charge in [0.05, 0.1) is 17.2 Å². The third-order valence-electron chi connectivity index (χ3n) is 7.67. The van der Waals surface area contributed by atoms with Crippen molar-refractivity contribution in [1.82, 2.24) is 14.9 Å². The van der Waals surface area contributed by atoms with Gasteiger partial charge in [-0.05, 0) is 55.3 Å². The van der Waals surface area contributed by atoms with Crippen LogP contribution >= 0.6 is 0 Å². The highest BCUT2D eigenvalue weighted by Crippen LogP contribution is 2.31. The Morgan fingerprint density at radius 1 is 0.946 bits per heavy atom. The summed E-state index contributed by atoms with van der Waals surface area (Å²) < 4.78 is 29.1. The third-order valence-corrected chi connectivity index (χ3v) is 8.79. The third kappa shape index (κ3) is 4.89. The largest absolute Gasteiger partial charge is 0.380 e. The molecule has 0 amide bonds. The van der Waals surface area contributed by atoms with Gasteiger partial charge in [0.25, 0.3) is 0 Å². The summed E-state index contributed by atoms with van der Waals surface area (Å²) in [6.45, 7) is 8.04. The lowest BCUT2D eigenvalue weighted by molar-refractivity contribution is 0.139. The first-order chi connectivity index (χ1) is 17.8. The normalized spacial score (nSPS) is 19.1. The summed E-state index contributed by atoms with van der Waals surface area (Å²) in [6.07, 6.45) is 2.38. The first-order valence-corrected chi connectivity index (χ1v) is 14.7. The molecule has 37 heavy (non-hydrogen) atoms. The standard InChI is InChI=1S/C29H32N4O3S/c1-20-26-17-27(22-5-9-25(10-6-22)37(2,34)35)31-29(26)18-28(30-20)21-3-7-23(8-4-21)32-12-14-33(15-13-32)24-11-16-36-19-24/h3-10,17-18,24,31H,11-16,19H2,1-2H3. The van der Waals surface area contributed by atoms with Gasteiger partial charge in [0, 0.05) is 78.6 Å². The molecule has 7 nitrogen and oxygen atoms in total. The van der Waals surface area contributed by atoms with Gasteiger partial charge in [-0.15, -0.1) is 0 Å². The van der Waals surface area contributed by atoms with E-state index in [0.717, 1.165) is 84.9 Å². The van der Waals surface area contributed by atoms with Crippen molar-refractivity contribution in [2.75, 3.05) is 50.5 Å². The predicted octanol–water partition coefficient (Wildman–Crippen LogP) is 4.52. The zero-order valence-electron chi connectivity index (χ0n) is 21.3. The number of nitrogens with one attached hydrogen (secondary N) is 1. The number of aromatic nitrogens is 2. The van der Waals surface area contributed by atoms with Crippen molar-refractivity contribution in [2.24, 2.45) is 0 Å². The van der Waals surface area contributed by atoms with Crippen molar-refractivity contribution in [3.05, 3.63) is 66.4 Å². The molecule has 1 N–H and O–H groups in total. The van der Waals surface area contributed by atoms with E-state index in [1.54, 1.807) is 12.1 Å². The van der Waals surface area contributed by atoms with Crippen LogP contribution in [0.5, 0.6) is 0 Å². The fourth-order valence-corrected chi connectivity index (χ4v) is 6.11. The van der Waals surface area contributed by atoms with Gasteiger partial charge >= 0.3 is 0 Å². The highest BCUT2D eigenvalue weighted by molar-refractivity contribution is 7.90. The zero-order valence-corrected chi connectivity index (χ0v) is 22.1. The van der Waals surface area contributed by atoms with E-state index >= 15 is 0 Å². The highest BCUT2D eigenvalue weighted by atomic mass is 32.2. The summed E-state index contributed by atoms with van der Waals surface area (Å²) in [4.78, 5) is 13.7. The number of ether oxygens (including phenoxy) is 1. The van der Waals surface area contributed by atoms with Gasteiger partial charge in [0.15, 0.2) is 9.84 Å². The summed E-state index contributed by atoms with van der Waals surface area (Å²) in [5, 5.41) is 1.06. The van der Waals surface area contributed by atoms with Crippen LogP contribution in [0.4, 0.5) is 5.69 Å². The molecule has 0 bridgehead atoms. The smallest absolute Gasteiger partial charge is 0.175 e. The maximum Gasteiger partial charge on any atom is 0.175 e. The van der Waals surface area contributed by atoms with Gasteiger partial charge in [-0.25, -0.2) is 8.42 Å². The molecule has 6 rings (SSSR count). The molecule has 4 aromatic rings. The molecule has 0 radical (unpaired) electrons. The molecular weight excluding hydrogens is 484 g/mol. The van der Waals surface area contributed by atoms with E-state index in [9.17, 15) is 8.42 Å². The van der Waals surface area contributed by atoms with Crippen LogP contribution in [0.2, 0.25) is 0 Å². The maximum atomic E-state index is 11.8. The number of rotatable bonds is 5. The fourth-order valence-electron chi connectivity index (χ4n) is 5.48. The Balaban J connectivity index is 1.20. The van der Waals surface area contributed by atoms with Crippen molar-refractivity contribution < 1.29 is 13.2 Å². The fraction of sp³-hybridized carbons (Fsp3) is 0.345. The quantitative estimate of drug-likeness (QED) is 0.420. The minimum absolute atomic E-state index is 0.321. The molecule has 1 atom stereocenters. The molecule has 0 saturated carbocycles. The second-order valence-electron chi connectivity index (χ2n) is 10.1. The first-order valence-electron chi connectivity index (χ1n) is 12.8. The number of anilines is 1. The van der Waals surface area contributed by atoms with Crippen LogP contribution < -0.4 is 4.90 Å². The molecule has 2 aliphatic rings. The molecule has 0 spiro atoms. The summed E-state index contributed by atoms with van der Waals surface area (Å²) in [5.74, 6) is 0. The Morgan fingerprint density at radius 2 is 1.65 bits per heavy atom. The highest BCUT2D eigenvalue weighted by Gasteiger charge is 2.26. The number of aromatic amines is 1. The number of hydrogen-bond donors (Lipinski definition) is 1. The van der Waals surface area contributed by atoms with Crippen molar-refractivity contribution in [2.45, 2.75) is 24.3 Å². The summed E-state index contributed by atoms with van der Waals surface area (Å²) in [6, 6.07) is 20.5. The minimum Gasteiger partial charge on any atom is -0.380 e. The second kappa shape index (κ2) is 9.59. The lowest BCUT2D eigenvalue weighted by Gasteiger charge is -2.38. The van der Waals surface area contributed by atoms with Crippen LogP contribution in [0.1, 0.15) is 12.1 Å². The number of pyridine rings is 1. The number of hydrogen-bond acceptors (Lipinski definition) is 6.